The second kappa shape index (κ2) is 10.6. The maximum absolute atomic E-state index is 12.6. The molecule has 9 heteroatoms. The number of carbonyl (C=O) groups is 2. The number of ketones is 1. The summed E-state index contributed by atoms with van der Waals surface area (Å²) < 4.78 is 12.2. The third kappa shape index (κ3) is 6.19. The molecule has 2 aromatic carbocycles. The average Bonchev–Trinajstić information content (AvgIpc) is 3.36. The Morgan fingerprint density at radius 1 is 1.03 bits per heavy atom. The number of rotatable bonds is 6. The van der Waals surface area contributed by atoms with E-state index in [1.807, 2.05) is 51.1 Å². The lowest BCUT2D eigenvalue weighted by molar-refractivity contribution is -0.117. The summed E-state index contributed by atoms with van der Waals surface area (Å²) in [7, 11) is 0. The monoisotopic (exact) mass is 529 g/mol. The fourth-order valence-corrected chi connectivity index (χ4v) is 4.97. The van der Waals surface area contributed by atoms with Crippen molar-refractivity contribution >= 4 is 17.4 Å². The summed E-state index contributed by atoms with van der Waals surface area (Å²) in [5, 5.41) is 12.8. The van der Waals surface area contributed by atoms with Crippen molar-refractivity contribution in [3.8, 4) is 17.1 Å². The highest BCUT2D eigenvalue weighted by Crippen LogP contribution is 2.43. The molecule has 39 heavy (non-hydrogen) atoms. The first kappa shape index (κ1) is 26.6. The minimum atomic E-state index is -0.523. The van der Waals surface area contributed by atoms with Crippen LogP contribution < -0.4 is 4.74 Å². The van der Waals surface area contributed by atoms with E-state index in [0.717, 1.165) is 28.0 Å². The van der Waals surface area contributed by atoms with Gasteiger partial charge >= 0.3 is 6.09 Å². The lowest BCUT2D eigenvalue weighted by atomic mass is 9.83. The molecule has 1 aromatic heterocycles. The normalized spacial score (nSPS) is 16.3. The maximum atomic E-state index is 12.6. The number of aryl methyl sites for hydroxylation is 1. The zero-order chi connectivity index (χ0) is 27.6. The molecule has 5 rings (SSSR count). The minimum Gasteiger partial charge on any atom is -0.482 e. The van der Waals surface area contributed by atoms with E-state index in [0.29, 0.717) is 51.1 Å². The topological polar surface area (TPSA) is 99.4 Å². The van der Waals surface area contributed by atoms with Crippen LogP contribution in [0, 0.1) is 0 Å². The number of para-hydroxylation sites is 1. The molecule has 1 spiro atoms. The Bertz CT molecular complexity index is 1380. The summed E-state index contributed by atoms with van der Waals surface area (Å²) in [5.41, 5.74) is 3.07. The number of benzene rings is 2. The number of aromatic nitrogens is 4. The molecule has 2 aliphatic heterocycles. The van der Waals surface area contributed by atoms with E-state index in [4.69, 9.17) is 9.47 Å². The largest absolute Gasteiger partial charge is 0.482 e. The molecule has 2 aliphatic rings. The Labute approximate surface area is 228 Å². The Morgan fingerprint density at radius 3 is 2.41 bits per heavy atom. The van der Waals surface area contributed by atoms with Gasteiger partial charge in [0, 0.05) is 43.5 Å². The van der Waals surface area contributed by atoms with Crippen LogP contribution in [0.25, 0.3) is 17.0 Å². The number of hydrogen-bond acceptors (Lipinski definition) is 7. The summed E-state index contributed by atoms with van der Waals surface area (Å²) in [5.74, 6) is 1.56. The van der Waals surface area contributed by atoms with Gasteiger partial charge in [-0.15, -0.1) is 10.2 Å². The number of amides is 1. The van der Waals surface area contributed by atoms with E-state index in [1.54, 1.807) is 11.8 Å². The molecular formula is C30H35N5O4. The van der Waals surface area contributed by atoms with Crippen molar-refractivity contribution in [2.45, 2.75) is 71.1 Å². The third-order valence-electron chi connectivity index (χ3n) is 6.95. The molecule has 0 radical (unpaired) electrons. The molecule has 9 nitrogen and oxygen atoms in total. The molecule has 0 aliphatic carbocycles. The smallest absolute Gasteiger partial charge is 0.410 e. The van der Waals surface area contributed by atoms with Crippen LogP contribution in [0.1, 0.15) is 64.5 Å². The van der Waals surface area contributed by atoms with Gasteiger partial charge in [-0.3, -0.25) is 0 Å². The highest BCUT2D eigenvalue weighted by molar-refractivity contribution is 5.85. The van der Waals surface area contributed by atoms with Crippen molar-refractivity contribution in [3.63, 3.8) is 0 Å². The lowest BCUT2D eigenvalue weighted by Crippen LogP contribution is -2.50. The first-order chi connectivity index (χ1) is 18.6. The van der Waals surface area contributed by atoms with E-state index in [-0.39, 0.29) is 11.9 Å². The van der Waals surface area contributed by atoms with Gasteiger partial charge in [-0.05, 0) is 62.6 Å². The zero-order valence-corrected chi connectivity index (χ0v) is 23.0. The first-order valence-corrected chi connectivity index (χ1v) is 13.5. The third-order valence-corrected chi connectivity index (χ3v) is 6.95. The van der Waals surface area contributed by atoms with E-state index >= 15 is 0 Å². The van der Waals surface area contributed by atoms with Crippen LogP contribution in [0.2, 0.25) is 0 Å². The van der Waals surface area contributed by atoms with Crippen molar-refractivity contribution in [2.24, 2.45) is 0 Å². The Kier molecular flexibility index (Phi) is 7.25. The number of likely N-dealkylation sites (tertiary alicyclic amines) is 1. The molecule has 3 aromatic rings. The molecule has 1 amide bonds. The van der Waals surface area contributed by atoms with Gasteiger partial charge in [0.2, 0.25) is 5.82 Å². The van der Waals surface area contributed by atoms with E-state index < -0.39 is 11.2 Å². The predicted octanol–water partition coefficient (Wildman–Crippen LogP) is 5.30. The number of hydrogen-bond donors (Lipinski definition) is 0. The second-order valence-corrected chi connectivity index (χ2v) is 11.3. The minimum absolute atomic E-state index is 0.158. The molecule has 0 unspecified atom stereocenters. The van der Waals surface area contributed by atoms with Gasteiger partial charge in [0.25, 0.3) is 0 Å². The van der Waals surface area contributed by atoms with Crippen molar-refractivity contribution in [1.82, 2.24) is 25.1 Å². The molecule has 0 saturated carbocycles. The van der Waals surface area contributed by atoms with Gasteiger partial charge in [-0.1, -0.05) is 42.5 Å². The second-order valence-electron chi connectivity index (χ2n) is 11.3. The molecule has 1 fully saturated rings. The summed E-state index contributed by atoms with van der Waals surface area (Å²) in [6.45, 7) is 8.91. The van der Waals surface area contributed by atoms with Gasteiger partial charge in [0.05, 0.1) is 6.54 Å². The zero-order valence-electron chi connectivity index (χ0n) is 23.0. The van der Waals surface area contributed by atoms with E-state index in [2.05, 4.69) is 39.7 Å². The van der Waals surface area contributed by atoms with Crippen molar-refractivity contribution in [2.75, 3.05) is 13.1 Å². The highest BCUT2D eigenvalue weighted by atomic mass is 16.6. The molecule has 204 valence electrons. The predicted molar refractivity (Wildman–Crippen MR) is 147 cm³/mol. The van der Waals surface area contributed by atoms with Crippen LogP contribution in [-0.4, -0.2) is 61.3 Å². The molecule has 1 saturated heterocycles. The van der Waals surface area contributed by atoms with E-state index in [9.17, 15) is 9.59 Å². The Balaban J connectivity index is 1.35. The SMILES string of the molecule is CC(=O)CCCn1nnc(-c2ccc(C3=CC4(CCN(C(=O)OC(C)(C)C)CC4)Oc4ccccc43)cc2)n1. The van der Waals surface area contributed by atoms with Gasteiger partial charge in [0.1, 0.15) is 22.7 Å². The molecule has 3 heterocycles. The number of ether oxygens (including phenoxy) is 2. The maximum Gasteiger partial charge on any atom is 0.410 e. The summed E-state index contributed by atoms with van der Waals surface area (Å²) in [6, 6.07) is 16.2. The van der Waals surface area contributed by atoms with Gasteiger partial charge < -0.3 is 19.2 Å². The number of tetrazole rings is 1. The van der Waals surface area contributed by atoms with Crippen molar-refractivity contribution < 1.29 is 19.1 Å². The van der Waals surface area contributed by atoms with Gasteiger partial charge in [-0.2, -0.15) is 4.80 Å². The highest BCUT2D eigenvalue weighted by Gasteiger charge is 2.40. The Morgan fingerprint density at radius 2 is 1.72 bits per heavy atom. The lowest BCUT2D eigenvalue weighted by Gasteiger charge is -2.43. The molecule has 0 atom stereocenters. The molecular weight excluding hydrogens is 494 g/mol. The average molecular weight is 530 g/mol. The molecule has 0 N–H and O–H groups in total. The van der Waals surface area contributed by atoms with Gasteiger partial charge in [0.15, 0.2) is 0 Å². The standard InChI is InChI=1S/C30H35N5O4/c1-21(36)8-7-17-35-32-27(31-33-35)23-13-11-22(12-14-23)25-20-30(38-26-10-6-5-9-24(25)26)15-18-34(19-16-30)28(37)39-29(2,3)4/h5-6,9-14,20H,7-8,15-19H2,1-4H3. The Hall–Kier alpha value is -4.01. The quantitative estimate of drug-likeness (QED) is 0.427. The van der Waals surface area contributed by atoms with Gasteiger partial charge in [-0.25, -0.2) is 4.79 Å². The van der Waals surface area contributed by atoms with Crippen molar-refractivity contribution in [3.05, 3.63) is 65.7 Å². The number of nitrogens with zero attached hydrogens (tertiary/aromatic N) is 5. The van der Waals surface area contributed by atoms with Crippen molar-refractivity contribution in [1.29, 1.82) is 0 Å². The fourth-order valence-electron chi connectivity index (χ4n) is 4.97. The molecule has 0 bridgehead atoms. The number of piperidine rings is 1. The van der Waals surface area contributed by atoms with Crippen LogP contribution in [0.15, 0.2) is 54.6 Å². The van der Waals surface area contributed by atoms with Crippen LogP contribution >= 0.6 is 0 Å². The number of fused-ring (bicyclic) bond motifs is 1. The van der Waals surface area contributed by atoms with Crippen LogP contribution in [0.4, 0.5) is 4.79 Å². The summed E-state index contributed by atoms with van der Waals surface area (Å²) in [4.78, 5) is 27.1. The first-order valence-electron chi connectivity index (χ1n) is 13.5. The van der Waals surface area contributed by atoms with Crippen LogP contribution in [-0.2, 0) is 16.1 Å². The summed E-state index contributed by atoms with van der Waals surface area (Å²) in [6.07, 6.45) is 4.50. The fraction of sp³-hybridized carbons (Fsp3) is 0.433. The number of Topliss-reactive ketones (excluding diaryl/α,β-unsaturated/α-hetero) is 1. The summed E-state index contributed by atoms with van der Waals surface area (Å²) >= 11 is 0. The van der Waals surface area contributed by atoms with Crippen LogP contribution in [0.3, 0.4) is 0 Å². The van der Waals surface area contributed by atoms with E-state index in [1.165, 1.54) is 4.80 Å². The number of carbonyl (C=O) groups excluding carboxylic acids is 2. The van der Waals surface area contributed by atoms with Crippen LogP contribution in [0.5, 0.6) is 5.75 Å².